The highest BCUT2D eigenvalue weighted by molar-refractivity contribution is 5.12. The van der Waals surface area contributed by atoms with E-state index in [1.165, 1.54) is 0 Å². The van der Waals surface area contributed by atoms with Crippen molar-refractivity contribution < 1.29 is 9.47 Å². The Balaban J connectivity index is 2.11. The normalized spacial score (nSPS) is 35.9. The van der Waals surface area contributed by atoms with Crippen LogP contribution >= 0.6 is 0 Å². The van der Waals surface area contributed by atoms with E-state index >= 15 is 0 Å². The summed E-state index contributed by atoms with van der Waals surface area (Å²) in [7, 11) is 0. The lowest BCUT2D eigenvalue weighted by atomic mass is 10.2. The van der Waals surface area contributed by atoms with Gasteiger partial charge in [0.1, 0.15) is 0 Å². The fraction of sp³-hybridized carbons (Fsp3) is 0.714. The van der Waals surface area contributed by atoms with Crippen molar-refractivity contribution >= 4 is 0 Å². The average molecular weight is 141 g/mol. The van der Waals surface area contributed by atoms with Crippen LogP contribution in [0.3, 0.4) is 0 Å². The Morgan fingerprint density at radius 1 is 1.40 bits per heavy atom. The number of rotatable bonds is 0. The molecule has 0 aromatic rings. The summed E-state index contributed by atoms with van der Waals surface area (Å²) in [4.78, 5) is 0. The first-order chi connectivity index (χ1) is 4.81. The lowest BCUT2D eigenvalue weighted by Crippen LogP contribution is -2.29. The second-order valence-electron chi connectivity index (χ2n) is 2.74. The molecule has 10 heavy (non-hydrogen) atoms. The highest BCUT2D eigenvalue weighted by Gasteiger charge is 2.38. The smallest absolute Gasteiger partial charge is 0.189 e. The first-order valence-corrected chi connectivity index (χ1v) is 3.54. The van der Waals surface area contributed by atoms with Gasteiger partial charge in [-0.3, -0.25) is 0 Å². The SMILES string of the molecule is NC1C=CC2(C1)OCCO2. The highest BCUT2D eigenvalue weighted by Crippen LogP contribution is 2.30. The molecule has 1 spiro atoms. The second kappa shape index (κ2) is 2.05. The van der Waals surface area contributed by atoms with Gasteiger partial charge in [0, 0.05) is 12.5 Å². The molecule has 0 aromatic heterocycles. The molecule has 1 fully saturated rings. The van der Waals surface area contributed by atoms with Crippen molar-refractivity contribution in [1.82, 2.24) is 0 Å². The van der Waals surface area contributed by atoms with Crippen LogP contribution in [0.1, 0.15) is 6.42 Å². The van der Waals surface area contributed by atoms with Crippen molar-refractivity contribution in [3.63, 3.8) is 0 Å². The zero-order valence-electron chi connectivity index (χ0n) is 5.75. The van der Waals surface area contributed by atoms with Crippen molar-refractivity contribution in [2.45, 2.75) is 18.2 Å². The summed E-state index contributed by atoms with van der Waals surface area (Å²) in [6, 6.07) is 0.109. The molecule has 1 saturated heterocycles. The van der Waals surface area contributed by atoms with Gasteiger partial charge in [-0.1, -0.05) is 6.08 Å². The topological polar surface area (TPSA) is 44.5 Å². The Labute approximate surface area is 59.8 Å². The van der Waals surface area contributed by atoms with Crippen molar-refractivity contribution in [3.05, 3.63) is 12.2 Å². The van der Waals surface area contributed by atoms with Crippen LogP contribution in [0.25, 0.3) is 0 Å². The Morgan fingerprint density at radius 3 is 2.60 bits per heavy atom. The minimum absolute atomic E-state index is 0.109. The first-order valence-electron chi connectivity index (χ1n) is 3.54. The van der Waals surface area contributed by atoms with Crippen LogP contribution in [0.5, 0.6) is 0 Å². The number of hydrogen-bond acceptors (Lipinski definition) is 3. The quantitative estimate of drug-likeness (QED) is 0.483. The molecule has 1 unspecified atom stereocenters. The summed E-state index contributed by atoms with van der Waals surface area (Å²) in [6.07, 6.45) is 4.63. The molecular weight excluding hydrogens is 130 g/mol. The Bertz CT molecular complexity index is 161. The van der Waals surface area contributed by atoms with Gasteiger partial charge in [0.15, 0.2) is 5.79 Å². The summed E-state index contributed by atoms with van der Waals surface area (Å²) in [5, 5.41) is 0. The molecule has 0 aromatic carbocycles. The van der Waals surface area contributed by atoms with E-state index in [2.05, 4.69) is 0 Å². The third kappa shape index (κ3) is 0.868. The molecule has 0 radical (unpaired) electrons. The molecule has 3 heteroatoms. The maximum Gasteiger partial charge on any atom is 0.189 e. The van der Waals surface area contributed by atoms with E-state index in [1.807, 2.05) is 12.2 Å². The van der Waals surface area contributed by atoms with Crippen molar-refractivity contribution in [2.24, 2.45) is 5.73 Å². The monoisotopic (exact) mass is 141 g/mol. The van der Waals surface area contributed by atoms with Crippen LogP contribution in [0.4, 0.5) is 0 Å². The van der Waals surface area contributed by atoms with E-state index in [9.17, 15) is 0 Å². The third-order valence-electron chi connectivity index (χ3n) is 1.89. The van der Waals surface area contributed by atoms with Gasteiger partial charge in [-0.15, -0.1) is 0 Å². The molecule has 0 amide bonds. The molecule has 3 nitrogen and oxygen atoms in total. The second-order valence-corrected chi connectivity index (χ2v) is 2.74. The van der Waals surface area contributed by atoms with Gasteiger partial charge in [0.25, 0.3) is 0 Å². The predicted molar refractivity (Wildman–Crippen MR) is 36.4 cm³/mol. The Morgan fingerprint density at radius 2 is 2.10 bits per heavy atom. The molecular formula is C7H11NO2. The van der Waals surface area contributed by atoms with Crippen molar-refractivity contribution in [3.8, 4) is 0 Å². The Kier molecular flexibility index (Phi) is 1.30. The van der Waals surface area contributed by atoms with Gasteiger partial charge in [0.05, 0.1) is 13.2 Å². The summed E-state index contributed by atoms with van der Waals surface area (Å²) in [6.45, 7) is 1.38. The van der Waals surface area contributed by atoms with Crippen LogP contribution in [0.2, 0.25) is 0 Å². The van der Waals surface area contributed by atoms with Crippen LogP contribution < -0.4 is 5.73 Å². The maximum atomic E-state index is 5.64. The third-order valence-corrected chi connectivity index (χ3v) is 1.89. The van der Waals surface area contributed by atoms with Crippen LogP contribution in [0.15, 0.2) is 12.2 Å². The molecule has 1 aliphatic carbocycles. The van der Waals surface area contributed by atoms with E-state index in [-0.39, 0.29) is 6.04 Å². The minimum atomic E-state index is -0.445. The zero-order valence-corrected chi connectivity index (χ0v) is 5.75. The van der Waals surface area contributed by atoms with Gasteiger partial charge in [-0.2, -0.15) is 0 Å². The summed E-state index contributed by atoms with van der Waals surface area (Å²) < 4.78 is 10.8. The zero-order chi connectivity index (χ0) is 7.03. The fourth-order valence-corrected chi connectivity index (χ4v) is 1.42. The number of hydrogen-bond donors (Lipinski definition) is 1. The van der Waals surface area contributed by atoms with Gasteiger partial charge in [-0.05, 0) is 6.08 Å². The molecule has 0 saturated carbocycles. The van der Waals surface area contributed by atoms with E-state index in [0.717, 1.165) is 6.42 Å². The van der Waals surface area contributed by atoms with Crippen LogP contribution in [-0.2, 0) is 9.47 Å². The number of ether oxygens (including phenoxy) is 2. The molecule has 2 aliphatic rings. The molecule has 0 bridgehead atoms. The molecule has 1 atom stereocenters. The molecule has 56 valence electrons. The maximum absolute atomic E-state index is 5.64. The van der Waals surface area contributed by atoms with Gasteiger partial charge >= 0.3 is 0 Å². The molecule has 2 N–H and O–H groups in total. The van der Waals surface area contributed by atoms with E-state index in [0.29, 0.717) is 13.2 Å². The summed E-state index contributed by atoms with van der Waals surface area (Å²) in [5.74, 6) is -0.445. The van der Waals surface area contributed by atoms with Crippen molar-refractivity contribution in [2.75, 3.05) is 13.2 Å². The van der Waals surface area contributed by atoms with Gasteiger partial charge in [0.2, 0.25) is 0 Å². The number of nitrogens with two attached hydrogens (primary N) is 1. The summed E-state index contributed by atoms with van der Waals surface area (Å²) in [5.41, 5.74) is 5.64. The van der Waals surface area contributed by atoms with E-state index < -0.39 is 5.79 Å². The lowest BCUT2D eigenvalue weighted by molar-refractivity contribution is -0.116. The minimum Gasteiger partial charge on any atom is -0.344 e. The fourth-order valence-electron chi connectivity index (χ4n) is 1.42. The van der Waals surface area contributed by atoms with E-state index in [4.69, 9.17) is 15.2 Å². The molecule has 1 aliphatic heterocycles. The molecule has 2 rings (SSSR count). The largest absolute Gasteiger partial charge is 0.344 e. The van der Waals surface area contributed by atoms with Crippen LogP contribution in [-0.4, -0.2) is 25.0 Å². The predicted octanol–water partition coefficient (Wildman–Crippen LogP) is 0.0167. The van der Waals surface area contributed by atoms with Crippen LogP contribution in [0, 0.1) is 0 Å². The highest BCUT2D eigenvalue weighted by atomic mass is 16.7. The first kappa shape index (κ1) is 6.34. The average Bonchev–Trinajstić information content (AvgIpc) is 2.46. The standard InChI is InChI=1S/C7H11NO2/c8-6-1-2-7(5-6)9-3-4-10-7/h1-2,6H,3-5,8H2. The van der Waals surface area contributed by atoms with Crippen molar-refractivity contribution in [1.29, 1.82) is 0 Å². The molecule has 1 heterocycles. The Hall–Kier alpha value is -0.380. The van der Waals surface area contributed by atoms with Gasteiger partial charge < -0.3 is 15.2 Å². The summed E-state index contributed by atoms with van der Waals surface area (Å²) >= 11 is 0. The lowest BCUT2D eigenvalue weighted by Gasteiger charge is -2.19. The van der Waals surface area contributed by atoms with E-state index in [1.54, 1.807) is 0 Å². The van der Waals surface area contributed by atoms with Gasteiger partial charge in [-0.25, -0.2) is 0 Å².